The highest BCUT2D eigenvalue weighted by atomic mass is 35.5. The van der Waals surface area contributed by atoms with Crippen molar-refractivity contribution in [1.82, 2.24) is 18.4 Å². The molecule has 41 heavy (non-hydrogen) atoms. The summed E-state index contributed by atoms with van der Waals surface area (Å²) in [6.45, 7) is 0.424. The van der Waals surface area contributed by atoms with Crippen LogP contribution in [0.4, 0.5) is 0 Å². The Kier molecular flexibility index (Phi) is 6.92. The van der Waals surface area contributed by atoms with E-state index in [-0.39, 0.29) is 26.9 Å². The van der Waals surface area contributed by atoms with Crippen LogP contribution < -0.4 is 10.4 Å². The van der Waals surface area contributed by atoms with Crippen molar-refractivity contribution in [3.63, 3.8) is 0 Å². The SMILES string of the molecule is COc1ccc(S(=O)(=O)n2c(=O)n(C(C(=O)N3CCCC3c3ncco3)c3ccccc3)c3cc(Cl)ccc32)cc1. The Balaban J connectivity index is 1.58. The maximum absolute atomic E-state index is 14.4. The summed E-state index contributed by atoms with van der Waals surface area (Å²) in [6.07, 6.45) is 4.33. The summed E-state index contributed by atoms with van der Waals surface area (Å²) in [6, 6.07) is 17.4. The first kappa shape index (κ1) is 26.9. The van der Waals surface area contributed by atoms with Crippen molar-refractivity contribution in [2.75, 3.05) is 13.7 Å². The standard InChI is InChI=1S/C29H25ClN4O6S/c1-39-21-10-12-22(13-11-21)41(37,38)34-23-14-9-20(30)18-25(23)33(29(34)36)26(19-6-3-2-4-7-19)28(35)32-16-5-8-24(32)27-31-15-17-40-27/h2-4,6-7,9-15,17-18,24,26H,5,8,16H2,1H3. The first-order chi connectivity index (χ1) is 19.8. The molecular weight excluding hydrogens is 568 g/mol. The van der Waals surface area contributed by atoms with Gasteiger partial charge in [-0.15, -0.1) is 0 Å². The summed E-state index contributed by atoms with van der Waals surface area (Å²) in [5, 5.41) is 0.281. The van der Waals surface area contributed by atoms with E-state index in [1.165, 1.54) is 66.6 Å². The third-order valence-corrected chi connectivity index (χ3v) is 9.21. The van der Waals surface area contributed by atoms with E-state index < -0.39 is 27.8 Å². The molecule has 2 aromatic heterocycles. The summed E-state index contributed by atoms with van der Waals surface area (Å²) < 4.78 is 40.5. The molecular formula is C29H25ClN4O6S. The van der Waals surface area contributed by atoms with Gasteiger partial charge >= 0.3 is 5.69 Å². The number of oxazole rings is 1. The minimum Gasteiger partial charge on any atom is -0.497 e. The van der Waals surface area contributed by atoms with Crippen LogP contribution in [-0.2, 0) is 14.8 Å². The third kappa shape index (κ3) is 4.60. The molecule has 2 atom stereocenters. The minimum atomic E-state index is -4.39. The van der Waals surface area contributed by atoms with E-state index in [0.29, 0.717) is 36.6 Å². The van der Waals surface area contributed by atoms with Gasteiger partial charge in [-0.25, -0.2) is 18.2 Å². The molecule has 2 unspecified atom stereocenters. The molecule has 0 saturated carbocycles. The summed E-state index contributed by atoms with van der Waals surface area (Å²) in [5.74, 6) is 0.480. The van der Waals surface area contributed by atoms with E-state index in [1.54, 1.807) is 35.2 Å². The molecule has 0 bridgehead atoms. The number of rotatable bonds is 7. The molecule has 3 aromatic carbocycles. The number of hydrogen-bond acceptors (Lipinski definition) is 7. The number of nitrogens with zero attached hydrogens (tertiary/aromatic N) is 4. The van der Waals surface area contributed by atoms with Crippen molar-refractivity contribution in [3.8, 4) is 5.75 Å². The van der Waals surface area contributed by atoms with Gasteiger partial charge in [-0.05, 0) is 60.9 Å². The van der Waals surface area contributed by atoms with Crippen molar-refractivity contribution in [2.24, 2.45) is 0 Å². The average Bonchev–Trinajstić information content (AvgIpc) is 3.74. The first-order valence-electron chi connectivity index (χ1n) is 12.9. The second-order valence-electron chi connectivity index (χ2n) is 9.60. The zero-order chi connectivity index (χ0) is 28.7. The van der Waals surface area contributed by atoms with Gasteiger partial charge in [0.05, 0.1) is 29.2 Å². The van der Waals surface area contributed by atoms with Crippen molar-refractivity contribution >= 4 is 38.6 Å². The number of ether oxygens (including phenoxy) is 1. The molecule has 1 aliphatic rings. The lowest BCUT2D eigenvalue weighted by atomic mass is 10.0. The fourth-order valence-corrected chi connectivity index (χ4v) is 6.94. The molecule has 0 aliphatic carbocycles. The van der Waals surface area contributed by atoms with E-state index >= 15 is 0 Å². The highest BCUT2D eigenvalue weighted by Gasteiger charge is 2.40. The maximum atomic E-state index is 14.4. The van der Waals surface area contributed by atoms with E-state index in [0.717, 1.165) is 3.97 Å². The predicted octanol–water partition coefficient (Wildman–Crippen LogP) is 4.64. The molecule has 1 fully saturated rings. The van der Waals surface area contributed by atoms with Gasteiger partial charge in [0.15, 0.2) is 0 Å². The molecule has 1 aliphatic heterocycles. The Bertz CT molecular complexity index is 1880. The molecule has 0 spiro atoms. The van der Waals surface area contributed by atoms with Crippen LogP contribution in [-0.4, -0.2) is 46.4 Å². The second-order valence-corrected chi connectivity index (χ2v) is 11.8. The minimum absolute atomic E-state index is 0.0922. The monoisotopic (exact) mass is 592 g/mol. The molecule has 3 heterocycles. The number of amides is 1. The zero-order valence-electron chi connectivity index (χ0n) is 21.9. The Labute approximate surface area is 240 Å². The Hall–Kier alpha value is -4.35. The van der Waals surface area contributed by atoms with Crippen LogP contribution in [0.2, 0.25) is 5.02 Å². The Morgan fingerprint density at radius 2 is 1.83 bits per heavy atom. The first-order valence-corrected chi connectivity index (χ1v) is 14.7. The lowest BCUT2D eigenvalue weighted by Gasteiger charge is -2.28. The largest absolute Gasteiger partial charge is 0.497 e. The van der Waals surface area contributed by atoms with Gasteiger partial charge in [-0.3, -0.25) is 9.36 Å². The molecule has 6 rings (SSSR count). The quantitative estimate of drug-likeness (QED) is 0.270. The van der Waals surface area contributed by atoms with E-state index in [4.69, 9.17) is 20.8 Å². The van der Waals surface area contributed by atoms with E-state index in [2.05, 4.69) is 4.98 Å². The van der Waals surface area contributed by atoms with Gasteiger partial charge in [-0.1, -0.05) is 41.9 Å². The molecule has 10 nitrogen and oxygen atoms in total. The fourth-order valence-electron chi connectivity index (χ4n) is 5.38. The van der Waals surface area contributed by atoms with Gasteiger partial charge in [0.25, 0.3) is 15.9 Å². The van der Waals surface area contributed by atoms with E-state index in [1.807, 2.05) is 0 Å². The molecule has 210 valence electrons. The number of halogens is 1. The van der Waals surface area contributed by atoms with Crippen LogP contribution >= 0.6 is 11.6 Å². The number of carbonyl (C=O) groups excluding carboxylic acids is 1. The molecule has 0 radical (unpaired) electrons. The van der Waals surface area contributed by atoms with Crippen LogP contribution in [0.3, 0.4) is 0 Å². The smallest absolute Gasteiger partial charge is 0.344 e. The number of benzene rings is 3. The topological polar surface area (TPSA) is 117 Å². The predicted molar refractivity (Wildman–Crippen MR) is 152 cm³/mol. The van der Waals surface area contributed by atoms with Crippen LogP contribution in [0.25, 0.3) is 11.0 Å². The lowest BCUT2D eigenvalue weighted by molar-refractivity contribution is -0.134. The summed E-state index contributed by atoms with van der Waals surface area (Å²) >= 11 is 6.36. The third-order valence-electron chi connectivity index (χ3n) is 7.27. The highest BCUT2D eigenvalue weighted by Crippen LogP contribution is 2.36. The van der Waals surface area contributed by atoms with Crippen molar-refractivity contribution < 1.29 is 22.4 Å². The highest BCUT2D eigenvalue weighted by molar-refractivity contribution is 7.90. The molecule has 1 saturated heterocycles. The van der Waals surface area contributed by atoms with Gasteiger partial charge < -0.3 is 14.1 Å². The number of aromatic nitrogens is 3. The van der Waals surface area contributed by atoms with Crippen LogP contribution in [0, 0.1) is 0 Å². The number of hydrogen-bond donors (Lipinski definition) is 0. The number of fused-ring (bicyclic) bond motifs is 1. The maximum Gasteiger partial charge on any atom is 0.344 e. The summed E-state index contributed by atoms with van der Waals surface area (Å²) in [7, 11) is -2.91. The van der Waals surface area contributed by atoms with Crippen LogP contribution in [0.5, 0.6) is 5.75 Å². The van der Waals surface area contributed by atoms with Gasteiger partial charge in [0.2, 0.25) is 5.89 Å². The Morgan fingerprint density at radius 3 is 2.51 bits per heavy atom. The van der Waals surface area contributed by atoms with Gasteiger partial charge in [0.1, 0.15) is 24.1 Å². The molecule has 12 heteroatoms. The normalized spacial score (nSPS) is 16.2. The van der Waals surface area contributed by atoms with Crippen molar-refractivity contribution in [2.45, 2.75) is 29.8 Å². The number of imidazole rings is 1. The second kappa shape index (κ2) is 10.6. The van der Waals surface area contributed by atoms with Crippen molar-refractivity contribution in [3.05, 3.63) is 112 Å². The summed E-state index contributed by atoms with van der Waals surface area (Å²) in [5.41, 5.74) is -0.0889. The zero-order valence-corrected chi connectivity index (χ0v) is 23.5. The molecule has 1 amide bonds. The Morgan fingerprint density at radius 1 is 1.07 bits per heavy atom. The van der Waals surface area contributed by atoms with Gasteiger partial charge in [-0.2, -0.15) is 3.97 Å². The number of carbonyl (C=O) groups is 1. The molecule has 0 N–H and O–H groups in total. The lowest BCUT2D eigenvalue weighted by Crippen LogP contribution is -2.41. The van der Waals surface area contributed by atoms with E-state index in [9.17, 15) is 18.0 Å². The van der Waals surface area contributed by atoms with Gasteiger partial charge in [0, 0.05) is 11.6 Å². The number of likely N-dealkylation sites (tertiary alicyclic amines) is 1. The molecule has 5 aromatic rings. The summed E-state index contributed by atoms with van der Waals surface area (Å²) in [4.78, 5) is 34.5. The van der Waals surface area contributed by atoms with Crippen LogP contribution in [0.1, 0.15) is 36.4 Å². The number of methoxy groups -OCH3 is 1. The fraction of sp³-hybridized carbons (Fsp3) is 0.207. The van der Waals surface area contributed by atoms with Crippen LogP contribution in [0.15, 0.2) is 99.4 Å². The average molecular weight is 593 g/mol. The van der Waals surface area contributed by atoms with Crippen molar-refractivity contribution in [1.29, 1.82) is 0 Å².